The Kier molecular flexibility index (Phi) is 13.3. The van der Waals surface area contributed by atoms with Crippen molar-refractivity contribution in [2.24, 2.45) is 0 Å². The average Bonchev–Trinajstić information content (AvgIpc) is 2.35. The molecule has 110 valence electrons. The molecule has 0 spiro atoms. The monoisotopic (exact) mass is 257 g/mol. The number of ether oxygens (including phenoxy) is 1. The summed E-state index contributed by atoms with van der Waals surface area (Å²) >= 11 is 0. The first-order valence-electron chi connectivity index (χ1n) is 8.00. The fourth-order valence-electron chi connectivity index (χ4n) is 2.31. The van der Waals surface area contributed by atoms with Crippen molar-refractivity contribution in [3.8, 4) is 0 Å². The molecule has 0 radical (unpaired) electrons. The number of rotatable bonds is 13. The van der Waals surface area contributed by atoms with Crippen molar-refractivity contribution < 1.29 is 4.74 Å². The quantitative estimate of drug-likeness (QED) is 0.346. The van der Waals surface area contributed by atoms with E-state index in [1.807, 2.05) is 0 Å². The normalized spacial score (nSPS) is 13.2. The molecular weight excluding hydrogens is 222 g/mol. The first kappa shape index (κ1) is 17.9. The predicted octanol–water partition coefficient (Wildman–Crippen LogP) is 4.83. The lowest BCUT2D eigenvalue weighted by Gasteiger charge is -2.23. The van der Waals surface area contributed by atoms with Crippen molar-refractivity contribution in [3.63, 3.8) is 0 Å². The Bertz CT molecular complexity index is 159. The summed E-state index contributed by atoms with van der Waals surface area (Å²) in [6.07, 6.45) is 14.1. The summed E-state index contributed by atoms with van der Waals surface area (Å²) in [6.45, 7) is 5.17. The molecule has 1 atom stereocenters. The zero-order valence-corrected chi connectivity index (χ0v) is 13.2. The van der Waals surface area contributed by atoms with Gasteiger partial charge in [-0.3, -0.25) is 4.90 Å². The maximum Gasteiger partial charge on any atom is 0.110 e. The van der Waals surface area contributed by atoms with Gasteiger partial charge < -0.3 is 4.74 Å². The van der Waals surface area contributed by atoms with E-state index < -0.39 is 0 Å². The summed E-state index contributed by atoms with van der Waals surface area (Å²) in [7, 11) is 4.21. The molecule has 1 unspecified atom stereocenters. The Hall–Kier alpha value is -0.0800. The van der Waals surface area contributed by atoms with Crippen LogP contribution < -0.4 is 0 Å². The summed E-state index contributed by atoms with van der Waals surface area (Å²) in [4.78, 5) is 2.19. The van der Waals surface area contributed by atoms with Crippen molar-refractivity contribution in [1.82, 2.24) is 4.90 Å². The van der Waals surface area contributed by atoms with Gasteiger partial charge in [-0.05, 0) is 33.9 Å². The molecule has 0 aromatic carbocycles. The number of hydrogen-bond acceptors (Lipinski definition) is 2. The molecule has 0 heterocycles. The molecule has 0 amide bonds. The molecule has 0 aliphatic heterocycles. The standard InChI is InChI=1S/C16H35NO/c1-5-7-8-9-10-11-12-13-14-15-16(17(3)4)18-6-2/h16H,5-15H2,1-4H3. The molecule has 0 aromatic rings. The highest BCUT2D eigenvalue weighted by Gasteiger charge is 2.09. The molecule has 2 nitrogen and oxygen atoms in total. The number of unbranched alkanes of at least 4 members (excludes halogenated alkanes) is 8. The largest absolute Gasteiger partial charge is 0.363 e. The lowest BCUT2D eigenvalue weighted by Crippen LogP contribution is -2.30. The molecule has 0 aromatic heterocycles. The van der Waals surface area contributed by atoms with E-state index in [0.29, 0.717) is 6.23 Å². The molecule has 0 aliphatic rings. The van der Waals surface area contributed by atoms with E-state index in [9.17, 15) is 0 Å². The third kappa shape index (κ3) is 11.0. The van der Waals surface area contributed by atoms with Crippen LogP contribution in [0, 0.1) is 0 Å². The van der Waals surface area contributed by atoms with Gasteiger partial charge in [0.05, 0.1) is 0 Å². The Balaban J connectivity index is 3.27. The first-order valence-corrected chi connectivity index (χ1v) is 8.00. The molecule has 0 rings (SSSR count). The van der Waals surface area contributed by atoms with Crippen LogP contribution in [0.5, 0.6) is 0 Å². The summed E-state index contributed by atoms with van der Waals surface area (Å²) in [5, 5.41) is 0. The zero-order valence-electron chi connectivity index (χ0n) is 13.2. The minimum atomic E-state index is 0.319. The van der Waals surface area contributed by atoms with Crippen LogP contribution in [0.4, 0.5) is 0 Å². The minimum Gasteiger partial charge on any atom is -0.363 e. The van der Waals surface area contributed by atoms with Gasteiger partial charge in [-0.15, -0.1) is 0 Å². The zero-order chi connectivity index (χ0) is 13.6. The van der Waals surface area contributed by atoms with Crippen molar-refractivity contribution in [3.05, 3.63) is 0 Å². The van der Waals surface area contributed by atoms with E-state index in [2.05, 4.69) is 32.8 Å². The van der Waals surface area contributed by atoms with E-state index in [1.54, 1.807) is 0 Å². The van der Waals surface area contributed by atoms with Gasteiger partial charge in [0.25, 0.3) is 0 Å². The van der Waals surface area contributed by atoms with Crippen LogP contribution in [0.1, 0.15) is 78.1 Å². The van der Waals surface area contributed by atoms with Crippen LogP contribution >= 0.6 is 0 Å². The third-order valence-electron chi connectivity index (χ3n) is 3.49. The molecule has 0 bridgehead atoms. The van der Waals surface area contributed by atoms with Gasteiger partial charge >= 0.3 is 0 Å². The van der Waals surface area contributed by atoms with Crippen molar-refractivity contribution in [1.29, 1.82) is 0 Å². The van der Waals surface area contributed by atoms with Crippen molar-refractivity contribution in [2.75, 3.05) is 20.7 Å². The van der Waals surface area contributed by atoms with Crippen LogP contribution in [0.15, 0.2) is 0 Å². The second-order valence-corrected chi connectivity index (χ2v) is 5.49. The third-order valence-corrected chi connectivity index (χ3v) is 3.49. The fourth-order valence-corrected chi connectivity index (χ4v) is 2.31. The predicted molar refractivity (Wildman–Crippen MR) is 80.9 cm³/mol. The SMILES string of the molecule is CCCCCCCCCCCC(OCC)N(C)C. The molecule has 0 N–H and O–H groups in total. The number of hydrogen-bond donors (Lipinski definition) is 0. The lowest BCUT2D eigenvalue weighted by atomic mass is 10.1. The maximum atomic E-state index is 5.70. The smallest absolute Gasteiger partial charge is 0.110 e. The van der Waals surface area contributed by atoms with E-state index in [4.69, 9.17) is 4.74 Å². The highest BCUT2D eigenvalue weighted by molar-refractivity contribution is 4.55. The van der Waals surface area contributed by atoms with Gasteiger partial charge in [0.2, 0.25) is 0 Å². The van der Waals surface area contributed by atoms with Gasteiger partial charge in [0, 0.05) is 6.61 Å². The minimum absolute atomic E-state index is 0.319. The summed E-state index contributed by atoms with van der Waals surface area (Å²) in [5.41, 5.74) is 0. The van der Waals surface area contributed by atoms with Gasteiger partial charge in [-0.1, -0.05) is 58.3 Å². The highest BCUT2D eigenvalue weighted by Crippen LogP contribution is 2.13. The lowest BCUT2D eigenvalue weighted by molar-refractivity contribution is -0.0362. The summed E-state index contributed by atoms with van der Waals surface area (Å²) < 4.78 is 5.70. The van der Waals surface area contributed by atoms with E-state index in [0.717, 1.165) is 6.61 Å². The van der Waals surface area contributed by atoms with Crippen LogP contribution in [0.25, 0.3) is 0 Å². The van der Waals surface area contributed by atoms with Crippen LogP contribution in [0.2, 0.25) is 0 Å². The molecular formula is C16H35NO. The second kappa shape index (κ2) is 13.4. The van der Waals surface area contributed by atoms with E-state index in [1.165, 1.54) is 64.2 Å². The Labute approximate surface area is 115 Å². The van der Waals surface area contributed by atoms with Crippen molar-refractivity contribution in [2.45, 2.75) is 84.3 Å². The molecule has 0 saturated heterocycles. The molecule has 0 saturated carbocycles. The second-order valence-electron chi connectivity index (χ2n) is 5.49. The fraction of sp³-hybridized carbons (Fsp3) is 1.00. The Morgan fingerprint density at radius 2 is 1.28 bits per heavy atom. The molecule has 18 heavy (non-hydrogen) atoms. The van der Waals surface area contributed by atoms with E-state index >= 15 is 0 Å². The van der Waals surface area contributed by atoms with Crippen LogP contribution in [0.3, 0.4) is 0 Å². The van der Waals surface area contributed by atoms with Gasteiger partial charge in [-0.2, -0.15) is 0 Å². The number of nitrogens with zero attached hydrogens (tertiary/aromatic N) is 1. The van der Waals surface area contributed by atoms with Crippen molar-refractivity contribution >= 4 is 0 Å². The maximum absolute atomic E-state index is 5.70. The van der Waals surface area contributed by atoms with E-state index in [-0.39, 0.29) is 0 Å². The van der Waals surface area contributed by atoms with Crippen LogP contribution in [-0.2, 0) is 4.74 Å². The topological polar surface area (TPSA) is 12.5 Å². The molecule has 0 aliphatic carbocycles. The molecule has 2 heteroatoms. The van der Waals surface area contributed by atoms with Gasteiger partial charge in [0.1, 0.15) is 6.23 Å². The van der Waals surface area contributed by atoms with Gasteiger partial charge in [-0.25, -0.2) is 0 Å². The first-order chi connectivity index (χ1) is 8.72. The highest BCUT2D eigenvalue weighted by atomic mass is 16.5. The average molecular weight is 257 g/mol. The van der Waals surface area contributed by atoms with Crippen LogP contribution in [-0.4, -0.2) is 31.8 Å². The molecule has 0 fully saturated rings. The Morgan fingerprint density at radius 1 is 0.778 bits per heavy atom. The van der Waals surface area contributed by atoms with Gasteiger partial charge in [0.15, 0.2) is 0 Å². The summed E-state index contributed by atoms with van der Waals surface area (Å²) in [5.74, 6) is 0. The Morgan fingerprint density at radius 3 is 1.72 bits per heavy atom. The summed E-state index contributed by atoms with van der Waals surface area (Å²) in [6, 6.07) is 0.